The van der Waals surface area contributed by atoms with Crippen LogP contribution in [0.5, 0.6) is 0 Å². The number of ketones is 1. The number of nitrogens with one attached hydrogen (secondary N) is 1. The summed E-state index contributed by atoms with van der Waals surface area (Å²) in [5.74, 6) is -0.499. The maximum atomic E-state index is 12.9. The summed E-state index contributed by atoms with van der Waals surface area (Å²) in [5.41, 5.74) is 1.99. The molecule has 5 nitrogen and oxygen atoms in total. The molecule has 0 saturated carbocycles. The first-order valence-corrected chi connectivity index (χ1v) is 11.4. The first-order valence-electron chi connectivity index (χ1n) is 8.72. The number of hydrogen-bond acceptors (Lipinski definition) is 4. The lowest BCUT2D eigenvalue weighted by Crippen LogP contribution is -2.17. The molecule has 7 heteroatoms. The summed E-state index contributed by atoms with van der Waals surface area (Å²) < 4.78 is 23.8. The van der Waals surface area contributed by atoms with Crippen LogP contribution in [0.3, 0.4) is 0 Å². The van der Waals surface area contributed by atoms with Gasteiger partial charge in [0.1, 0.15) is 0 Å². The minimum Gasteiger partial charge on any atom is -0.325 e. The molecule has 0 fully saturated rings. The van der Waals surface area contributed by atoms with Gasteiger partial charge in [-0.1, -0.05) is 58.4 Å². The number of halogens is 1. The van der Waals surface area contributed by atoms with Crippen LogP contribution in [0.1, 0.15) is 21.5 Å². The molecule has 0 spiro atoms. The highest BCUT2D eigenvalue weighted by molar-refractivity contribution is 9.10. The maximum absolute atomic E-state index is 12.9. The van der Waals surface area contributed by atoms with E-state index in [9.17, 15) is 18.0 Å². The van der Waals surface area contributed by atoms with Gasteiger partial charge < -0.3 is 5.32 Å². The molecule has 148 valence electrons. The van der Waals surface area contributed by atoms with E-state index < -0.39 is 9.84 Å². The van der Waals surface area contributed by atoms with Crippen molar-refractivity contribution in [1.82, 2.24) is 0 Å². The van der Waals surface area contributed by atoms with Gasteiger partial charge in [0.05, 0.1) is 17.0 Å². The molecule has 0 aliphatic heterocycles. The summed E-state index contributed by atoms with van der Waals surface area (Å²) in [6, 6.07) is 20.1. The van der Waals surface area contributed by atoms with Crippen molar-refractivity contribution in [2.75, 3.05) is 11.6 Å². The van der Waals surface area contributed by atoms with Gasteiger partial charge in [-0.2, -0.15) is 0 Å². The predicted octanol–water partition coefficient (Wildman–Crippen LogP) is 4.26. The van der Waals surface area contributed by atoms with E-state index in [1.165, 1.54) is 12.1 Å². The highest BCUT2D eigenvalue weighted by Crippen LogP contribution is 2.24. The van der Waals surface area contributed by atoms with Crippen LogP contribution in [0.2, 0.25) is 0 Å². The van der Waals surface area contributed by atoms with Crippen LogP contribution >= 0.6 is 15.9 Å². The summed E-state index contributed by atoms with van der Waals surface area (Å²) >= 11 is 3.37. The molecule has 3 aromatic carbocycles. The second-order valence-electron chi connectivity index (χ2n) is 6.53. The summed E-state index contributed by atoms with van der Waals surface area (Å²) in [7, 11) is -3.28. The fraction of sp³-hybridized carbons (Fsp3) is 0.0909. The zero-order valence-electron chi connectivity index (χ0n) is 15.6. The molecule has 0 atom stereocenters. The first kappa shape index (κ1) is 21.0. The van der Waals surface area contributed by atoms with E-state index in [2.05, 4.69) is 21.2 Å². The number of benzene rings is 3. The van der Waals surface area contributed by atoms with Gasteiger partial charge in [0, 0.05) is 21.9 Å². The van der Waals surface area contributed by atoms with E-state index in [0.717, 1.165) is 10.7 Å². The number of carbonyl (C=O) groups excluding carboxylic acids is 2. The lowest BCUT2D eigenvalue weighted by molar-refractivity contribution is -0.115. The molecule has 0 aromatic heterocycles. The van der Waals surface area contributed by atoms with Crippen molar-refractivity contribution in [1.29, 1.82) is 0 Å². The molecule has 0 aliphatic rings. The Balaban J connectivity index is 1.79. The summed E-state index contributed by atoms with van der Waals surface area (Å²) in [4.78, 5) is 25.6. The van der Waals surface area contributed by atoms with Crippen molar-refractivity contribution in [3.8, 4) is 0 Å². The molecule has 0 heterocycles. The van der Waals surface area contributed by atoms with Crippen molar-refractivity contribution >= 4 is 43.1 Å². The highest BCUT2D eigenvalue weighted by Gasteiger charge is 2.16. The average Bonchev–Trinajstić information content (AvgIpc) is 2.69. The number of hydrogen-bond donors (Lipinski definition) is 1. The minimum absolute atomic E-state index is 0.0546. The van der Waals surface area contributed by atoms with Crippen LogP contribution in [0.15, 0.2) is 82.2 Å². The second-order valence-corrected chi connectivity index (χ2v) is 9.46. The Bertz CT molecular complexity index is 1160. The Morgan fingerprint density at radius 2 is 1.59 bits per heavy atom. The van der Waals surface area contributed by atoms with Gasteiger partial charge >= 0.3 is 0 Å². The lowest BCUT2D eigenvalue weighted by Gasteiger charge is -2.11. The van der Waals surface area contributed by atoms with Crippen LogP contribution in [-0.4, -0.2) is 26.4 Å². The first-order chi connectivity index (χ1) is 13.7. The van der Waals surface area contributed by atoms with Gasteiger partial charge in [0.15, 0.2) is 15.6 Å². The number of anilines is 1. The van der Waals surface area contributed by atoms with Crippen LogP contribution in [0.4, 0.5) is 5.69 Å². The molecule has 0 saturated heterocycles. The van der Waals surface area contributed by atoms with E-state index in [1.807, 2.05) is 6.07 Å². The fourth-order valence-corrected chi connectivity index (χ4v) is 3.78. The molecular weight excluding hydrogens is 454 g/mol. The van der Waals surface area contributed by atoms with Crippen molar-refractivity contribution < 1.29 is 18.0 Å². The molecule has 3 aromatic rings. The molecular formula is C22H18BrNO4S. The van der Waals surface area contributed by atoms with Gasteiger partial charge in [-0.25, -0.2) is 8.42 Å². The van der Waals surface area contributed by atoms with Gasteiger partial charge in [-0.05, 0) is 35.9 Å². The number of carbonyl (C=O) groups is 2. The van der Waals surface area contributed by atoms with E-state index in [0.29, 0.717) is 22.4 Å². The number of rotatable bonds is 6. The fourth-order valence-electron chi connectivity index (χ4n) is 2.79. The number of amides is 1. The Labute approximate surface area is 177 Å². The summed E-state index contributed by atoms with van der Waals surface area (Å²) in [6.07, 6.45) is 1.19. The van der Waals surface area contributed by atoms with Crippen molar-refractivity contribution in [2.45, 2.75) is 11.3 Å². The Morgan fingerprint density at radius 3 is 2.21 bits per heavy atom. The molecule has 29 heavy (non-hydrogen) atoms. The van der Waals surface area contributed by atoms with Crippen molar-refractivity contribution in [2.24, 2.45) is 0 Å². The maximum Gasteiger partial charge on any atom is 0.228 e. The van der Waals surface area contributed by atoms with Gasteiger partial charge in [-0.3, -0.25) is 9.59 Å². The SMILES string of the molecule is CS(=O)(=O)c1ccc(CC(=O)Nc2ccc(Br)cc2C(=O)c2ccccc2)cc1. The second kappa shape index (κ2) is 8.71. The third-order valence-electron chi connectivity index (χ3n) is 4.25. The zero-order chi connectivity index (χ0) is 21.0. The molecule has 0 unspecified atom stereocenters. The van der Waals surface area contributed by atoms with E-state index >= 15 is 0 Å². The van der Waals surface area contributed by atoms with Gasteiger partial charge in [0.2, 0.25) is 5.91 Å². The normalized spacial score (nSPS) is 11.1. The number of sulfone groups is 1. The molecule has 3 rings (SSSR count). The summed E-state index contributed by atoms with van der Waals surface area (Å²) in [6.45, 7) is 0. The average molecular weight is 472 g/mol. The molecule has 0 bridgehead atoms. The third-order valence-corrected chi connectivity index (χ3v) is 5.87. The van der Waals surface area contributed by atoms with Crippen LogP contribution < -0.4 is 5.32 Å². The molecule has 0 radical (unpaired) electrons. The minimum atomic E-state index is -3.28. The van der Waals surface area contributed by atoms with Crippen LogP contribution in [0.25, 0.3) is 0 Å². The standard InChI is InChI=1S/C22H18BrNO4S/c1-29(27,28)18-10-7-15(8-11-18)13-21(25)24-20-12-9-17(23)14-19(20)22(26)16-5-3-2-4-6-16/h2-12,14H,13H2,1H3,(H,24,25). The van der Waals surface area contributed by atoms with Crippen LogP contribution in [-0.2, 0) is 21.1 Å². The lowest BCUT2D eigenvalue weighted by atomic mass is 10.0. The van der Waals surface area contributed by atoms with E-state index in [4.69, 9.17) is 0 Å². The predicted molar refractivity (Wildman–Crippen MR) is 116 cm³/mol. The smallest absolute Gasteiger partial charge is 0.228 e. The Hall–Kier alpha value is -2.77. The topological polar surface area (TPSA) is 80.3 Å². The zero-order valence-corrected chi connectivity index (χ0v) is 18.0. The highest BCUT2D eigenvalue weighted by atomic mass is 79.9. The van der Waals surface area contributed by atoms with E-state index in [1.54, 1.807) is 54.6 Å². The molecule has 0 aliphatic carbocycles. The van der Waals surface area contributed by atoms with Crippen molar-refractivity contribution in [3.05, 3.63) is 94.0 Å². The monoisotopic (exact) mass is 471 g/mol. The van der Waals surface area contributed by atoms with Gasteiger partial charge in [-0.15, -0.1) is 0 Å². The summed E-state index contributed by atoms with van der Waals surface area (Å²) in [5, 5.41) is 2.78. The molecule has 1 N–H and O–H groups in total. The quantitative estimate of drug-likeness (QED) is 0.544. The van der Waals surface area contributed by atoms with Crippen LogP contribution in [0, 0.1) is 0 Å². The Kier molecular flexibility index (Phi) is 6.30. The largest absolute Gasteiger partial charge is 0.325 e. The van der Waals surface area contributed by atoms with Gasteiger partial charge in [0.25, 0.3) is 0 Å². The third kappa shape index (κ3) is 5.40. The van der Waals surface area contributed by atoms with E-state index in [-0.39, 0.29) is 23.0 Å². The Morgan fingerprint density at radius 1 is 0.931 bits per heavy atom. The van der Waals surface area contributed by atoms with Crippen molar-refractivity contribution in [3.63, 3.8) is 0 Å². The molecule has 1 amide bonds.